The van der Waals surface area contributed by atoms with E-state index in [2.05, 4.69) is 28.1 Å². The standard InChI is InChI=1S/C28H41BClN3O4/c1-19(2)16-25(28(35)33-26(20(3)4)29(36)37)32-27(34)24(18-22-12-8-14-23(30)17-22)31-15-9-13-21-10-6-5-7-11-21/h5-8,10-12,14,17,19-20,24-26,31,36-37H,9,13,15-16,18H2,1-4H3,(H,32,34)(H,33,35)/t24-,25-,26-/m0/s1. The number of carbonyl (C=O) groups excluding carboxylic acids is 2. The van der Waals surface area contributed by atoms with Crippen LogP contribution in [0, 0.1) is 11.8 Å². The third-order valence-electron chi connectivity index (χ3n) is 6.21. The van der Waals surface area contributed by atoms with Gasteiger partial charge in [-0.15, -0.1) is 0 Å². The number of rotatable bonds is 15. The second kappa shape index (κ2) is 15.8. The Morgan fingerprint density at radius 2 is 1.54 bits per heavy atom. The van der Waals surface area contributed by atoms with Gasteiger partial charge in [0, 0.05) is 5.02 Å². The number of carbonyl (C=O) groups is 2. The molecular weight excluding hydrogens is 489 g/mol. The van der Waals surface area contributed by atoms with Gasteiger partial charge in [0.2, 0.25) is 11.8 Å². The lowest BCUT2D eigenvalue weighted by atomic mass is 9.73. The van der Waals surface area contributed by atoms with Crippen LogP contribution in [0.2, 0.25) is 5.02 Å². The highest BCUT2D eigenvalue weighted by Crippen LogP contribution is 2.14. The second-order valence-electron chi connectivity index (χ2n) is 10.3. The van der Waals surface area contributed by atoms with E-state index in [1.807, 2.05) is 50.2 Å². The van der Waals surface area contributed by atoms with Crippen molar-refractivity contribution in [2.45, 2.75) is 71.4 Å². The van der Waals surface area contributed by atoms with E-state index in [1.54, 1.807) is 19.9 Å². The fourth-order valence-electron chi connectivity index (χ4n) is 4.20. The van der Waals surface area contributed by atoms with E-state index in [9.17, 15) is 19.6 Å². The van der Waals surface area contributed by atoms with Gasteiger partial charge in [-0.1, -0.05) is 81.8 Å². The fraction of sp³-hybridized carbons (Fsp3) is 0.500. The number of hydrogen-bond acceptors (Lipinski definition) is 5. The first-order chi connectivity index (χ1) is 17.6. The fourth-order valence-corrected chi connectivity index (χ4v) is 4.41. The van der Waals surface area contributed by atoms with E-state index in [0.717, 1.165) is 18.4 Å². The molecule has 3 atom stereocenters. The number of halogens is 1. The zero-order chi connectivity index (χ0) is 27.4. The molecular formula is C28H41BClN3O4. The number of amides is 2. The first kappa shape index (κ1) is 30.8. The smallest absolute Gasteiger partial charge is 0.426 e. The summed E-state index contributed by atoms with van der Waals surface area (Å²) in [7, 11) is -1.69. The molecule has 0 aliphatic carbocycles. The molecule has 0 radical (unpaired) electrons. The highest BCUT2D eigenvalue weighted by atomic mass is 35.5. The van der Waals surface area contributed by atoms with Crippen LogP contribution in [0.5, 0.6) is 0 Å². The summed E-state index contributed by atoms with van der Waals surface area (Å²) in [5.41, 5.74) is 2.15. The minimum Gasteiger partial charge on any atom is -0.426 e. The molecule has 0 fully saturated rings. The summed E-state index contributed by atoms with van der Waals surface area (Å²) in [6, 6.07) is 16.2. The Morgan fingerprint density at radius 1 is 0.892 bits per heavy atom. The van der Waals surface area contributed by atoms with Crippen LogP contribution in [-0.4, -0.2) is 53.6 Å². The van der Waals surface area contributed by atoms with E-state index in [1.165, 1.54) is 5.56 Å². The monoisotopic (exact) mass is 529 g/mol. The zero-order valence-corrected chi connectivity index (χ0v) is 23.0. The van der Waals surface area contributed by atoms with Gasteiger partial charge >= 0.3 is 7.12 Å². The van der Waals surface area contributed by atoms with E-state index in [-0.39, 0.29) is 17.7 Å². The molecule has 0 bridgehead atoms. The van der Waals surface area contributed by atoms with Crippen molar-refractivity contribution in [2.75, 3.05) is 6.54 Å². The Balaban J connectivity index is 2.12. The van der Waals surface area contributed by atoms with Crippen LogP contribution in [-0.2, 0) is 22.4 Å². The quantitative estimate of drug-likeness (QED) is 0.180. The third kappa shape index (κ3) is 11.3. The minimum atomic E-state index is -1.69. The first-order valence-corrected chi connectivity index (χ1v) is 13.4. The Kier molecular flexibility index (Phi) is 13.1. The van der Waals surface area contributed by atoms with Crippen molar-refractivity contribution in [3.8, 4) is 0 Å². The van der Waals surface area contributed by atoms with Crippen LogP contribution in [0.25, 0.3) is 0 Å². The Hall–Kier alpha value is -2.39. The van der Waals surface area contributed by atoms with Gasteiger partial charge in [0.1, 0.15) is 6.04 Å². The molecule has 0 unspecified atom stereocenters. The van der Waals surface area contributed by atoms with Gasteiger partial charge in [-0.25, -0.2) is 0 Å². The Bertz CT molecular complexity index is 967. The molecule has 0 aliphatic heterocycles. The Morgan fingerprint density at radius 3 is 2.14 bits per heavy atom. The molecule has 0 aromatic heterocycles. The lowest BCUT2D eigenvalue weighted by molar-refractivity contribution is -0.130. The number of hydrogen-bond donors (Lipinski definition) is 5. The predicted octanol–water partition coefficient (Wildman–Crippen LogP) is 3.16. The molecule has 0 aliphatic rings. The molecule has 0 saturated heterocycles. The highest BCUT2D eigenvalue weighted by Gasteiger charge is 2.32. The normalized spacial score (nSPS) is 13.8. The molecule has 2 rings (SSSR count). The van der Waals surface area contributed by atoms with Crippen molar-refractivity contribution in [2.24, 2.45) is 11.8 Å². The van der Waals surface area contributed by atoms with Crippen LogP contribution in [0.3, 0.4) is 0 Å². The molecule has 2 aromatic carbocycles. The topological polar surface area (TPSA) is 111 Å². The van der Waals surface area contributed by atoms with Crippen LogP contribution in [0.1, 0.15) is 51.7 Å². The van der Waals surface area contributed by atoms with Gasteiger partial charge in [0.05, 0.1) is 12.0 Å². The number of nitrogens with one attached hydrogen (secondary N) is 3. The summed E-state index contributed by atoms with van der Waals surface area (Å²) in [5.74, 6) is -1.61. The molecule has 7 nitrogen and oxygen atoms in total. The average Bonchev–Trinajstić information content (AvgIpc) is 2.83. The van der Waals surface area contributed by atoms with E-state index < -0.39 is 31.1 Å². The summed E-state index contributed by atoms with van der Waals surface area (Å²) in [5, 5.41) is 29.0. The van der Waals surface area contributed by atoms with Gasteiger partial charge in [-0.2, -0.15) is 0 Å². The van der Waals surface area contributed by atoms with Gasteiger partial charge in [0.25, 0.3) is 0 Å². The second-order valence-corrected chi connectivity index (χ2v) is 10.7. The molecule has 202 valence electrons. The zero-order valence-electron chi connectivity index (χ0n) is 22.3. The van der Waals surface area contributed by atoms with Crippen molar-refractivity contribution >= 4 is 30.5 Å². The molecule has 37 heavy (non-hydrogen) atoms. The first-order valence-electron chi connectivity index (χ1n) is 13.1. The maximum atomic E-state index is 13.5. The maximum absolute atomic E-state index is 13.5. The molecule has 0 spiro atoms. The van der Waals surface area contributed by atoms with E-state index >= 15 is 0 Å². The molecule has 0 heterocycles. The van der Waals surface area contributed by atoms with E-state index in [4.69, 9.17) is 11.6 Å². The lowest BCUT2D eigenvalue weighted by Crippen LogP contribution is -2.58. The molecule has 2 aromatic rings. The van der Waals surface area contributed by atoms with Crippen LogP contribution < -0.4 is 16.0 Å². The van der Waals surface area contributed by atoms with Gasteiger partial charge in [-0.05, 0) is 67.3 Å². The van der Waals surface area contributed by atoms with Crippen LogP contribution in [0.4, 0.5) is 0 Å². The predicted molar refractivity (Wildman–Crippen MR) is 150 cm³/mol. The lowest BCUT2D eigenvalue weighted by Gasteiger charge is -2.27. The third-order valence-corrected chi connectivity index (χ3v) is 6.44. The van der Waals surface area contributed by atoms with Crippen molar-refractivity contribution in [1.82, 2.24) is 16.0 Å². The summed E-state index contributed by atoms with van der Waals surface area (Å²) in [6.45, 7) is 8.15. The van der Waals surface area contributed by atoms with Crippen molar-refractivity contribution in [1.29, 1.82) is 0 Å². The SMILES string of the molecule is CC(C)C[C@H](NC(=O)[C@H](Cc1cccc(Cl)c1)NCCCc1ccccc1)C(=O)N[C@H](B(O)O)C(C)C. The summed E-state index contributed by atoms with van der Waals surface area (Å²) in [4.78, 5) is 26.6. The number of benzene rings is 2. The molecule has 9 heteroatoms. The summed E-state index contributed by atoms with van der Waals surface area (Å²) < 4.78 is 0. The van der Waals surface area contributed by atoms with Crippen molar-refractivity contribution in [3.05, 3.63) is 70.7 Å². The summed E-state index contributed by atoms with van der Waals surface area (Å²) in [6.07, 6.45) is 2.57. The van der Waals surface area contributed by atoms with Gasteiger partial charge in [0.15, 0.2) is 0 Å². The van der Waals surface area contributed by atoms with Crippen LogP contribution in [0.15, 0.2) is 54.6 Å². The average molecular weight is 530 g/mol. The maximum Gasteiger partial charge on any atom is 0.475 e. The Labute approximate surface area is 226 Å². The highest BCUT2D eigenvalue weighted by molar-refractivity contribution is 6.43. The molecule has 5 N–H and O–H groups in total. The minimum absolute atomic E-state index is 0.137. The van der Waals surface area contributed by atoms with Crippen molar-refractivity contribution < 1.29 is 19.6 Å². The van der Waals surface area contributed by atoms with E-state index in [0.29, 0.717) is 24.4 Å². The largest absolute Gasteiger partial charge is 0.475 e. The van der Waals surface area contributed by atoms with Crippen LogP contribution >= 0.6 is 11.6 Å². The molecule has 2 amide bonds. The molecule has 0 saturated carbocycles. The van der Waals surface area contributed by atoms with Crippen molar-refractivity contribution in [3.63, 3.8) is 0 Å². The summed E-state index contributed by atoms with van der Waals surface area (Å²) >= 11 is 6.17. The van der Waals surface area contributed by atoms with Gasteiger partial charge < -0.3 is 26.0 Å². The number of aryl methyl sites for hydroxylation is 1. The van der Waals surface area contributed by atoms with Gasteiger partial charge in [-0.3, -0.25) is 9.59 Å².